The molecule has 0 unspecified atom stereocenters. The van der Waals surface area contributed by atoms with Crippen molar-refractivity contribution in [1.82, 2.24) is 10.2 Å². The van der Waals surface area contributed by atoms with Crippen molar-refractivity contribution in [1.29, 1.82) is 0 Å². The van der Waals surface area contributed by atoms with Crippen molar-refractivity contribution in [2.75, 3.05) is 18.2 Å². The monoisotopic (exact) mass is 389 g/mol. The number of nitrogens with one attached hydrogen (secondary N) is 1. The molecule has 0 aliphatic heterocycles. The molecule has 1 amide bonds. The van der Waals surface area contributed by atoms with E-state index in [0.29, 0.717) is 21.7 Å². The standard InChI is InChI=1S/C18H16ClN3O3S/c1-11-9-12(24-2)7-8-15(11)20-16(23)10-26-18-22-21-17(25-18)13-5-3-4-6-14(13)19/h3-9H,10H2,1-2H3,(H,20,23). The molecule has 0 radical (unpaired) electrons. The van der Waals surface area contributed by atoms with Gasteiger partial charge in [-0.25, -0.2) is 0 Å². The second-order valence-electron chi connectivity index (χ2n) is 5.37. The highest BCUT2D eigenvalue weighted by atomic mass is 35.5. The van der Waals surface area contributed by atoms with Crippen LogP contribution in [0.5, 0.6) is 5.75 Å². The van der Waals surface area contributed by atoms with E-state index in [0.717, 1.165) is 28.8 Å². The van der Waals surface area contributed by atoms with Crippen LogP contribution in [0, 0.1) is 6.92 Å². The number of carbonyl (C=O) groups is 1. The molecule has 3 rings (SSSR count). The van der Waals surface area contributed by atoms with Gasteiger partial charge in [0.1, 0.15) is 5.75 Å². The molecule has 0 fully saturated rings. The minimum Gasteiger partial charge on any atom is -0.497 e. The Balaban J connectivity index is 1.59. The smallest absolute Gasteiger partial charge is 0.277 e. The number of hydrogen-bond acceptors (Lipinski definition) is 6. The molecule has 0 aliphatic rings. The molecule has 0 saturated heterocycles. The molecule has 1 N–H and O–H groups in total. The van der Waals surface area contributed by atoms with Crippen molar-refractivity contribution < 1.29 is 13.9 Å². The number of nitrogens with zero attached hydrogens (tertiary/aromatic N) is 2. The fourth-order valence-corrected chi connectivity index (χ4v) is 3.01. The van der Waals surface area contributed by atoms with E-state index in [1.807, 2.05) is 25.1 Å². The van der Waals surface area contributed by atoms with Gasteiger partial charge in [-0.1, -0.05) is 35.5 Å². The quantitative estimate of drug-likeness (QED) is 0.628. The summed E-state index contributed by atoms with van der Waals surface area (Å²) in [5.41, 5.74) is 2.31. The number of benzene rings is 2. The fraction of sp³-hybridized carbons (Fsp3) is 0.167. The second-order valence-corrected chi connectivity index (χ2v) is 6.70. The van der Waals surface area contributed by atoms with Gasteiger partial charge in [0.05, 0.1) is 23.4 Å². The average molecular weight is 390 g/mol. The number of aryl methyl sites for hydroxylation is 1. The molecule has 3 aromatic rings. The summed E-state index contributed by atoms with van der Waals surface area (Å²) in [5, 5.41) is 11.6. The molecule has 8 heteroatoms. The van der Waals surface area contributed by atoms with E-state index < -0.39 is 0 Å². The van der Waals surface area contributed by atoms with E-state index >= 15 is 0 Å². The number of ether oxygens (including phenoxy) is 1. The van der Waals surface area contributed by atoms with Crippen LogP contribution in [0.4, 0.5) is 5.69 Å². The summed E-state index contributed by atoms with van der Waals surface area (Å²) >= 11 is 7.28. The van der Waals surface area contributed by atoms with Crippen molar-refractivity contribution in [3.05, 3.63) is 53.1 Å². The maximum atomic E-state index is 12.1. The van der Waals surface area contributed by atoms with Gasteiger partial charge in [0.25, 0.3) is 5.22 Å². The van der Waals surface area contributed by atoms with Crippen LogP contribution in [-0.4, -0.2) is 29.0 Å². The maximum absolute atomic E-state index is 12.1. The van der Waals surface area contributed by atoms with E-state index in [1.165, 1.54) is 0 Å². The Hall–Kier alpha value is -2.51. The Bertz CT molecular complexity index is 930. The zero-order valence-electron chi connectivity index (χ0n) is 14.2. The zero-order chi connectivity index (χ0) is 18.5. The summed E-state index contributed by atoms with van der Waals surface area (Å²) in [6.45, 7) is 1.90. The Morgan fingerprint density at radius 2 is 2.08 bits per heavy atom. The van der Waals surface area contributed by atoms with Gasteiger partial charge in [-0.3, -0.25) is 4.79 Å². The van der Waals surface area contributed by atoms with E-state index in [9.17, 15) is 4.79 Å². The summed E-state index contributed by atoms with van der Waals surface area (Å²) in [6.07, 6.45) is 0. The summed E-state index contributed by atoms with van der Waals surface area (Å²) in [5.74, 6) is 1.05. The number of methoxy groups -OCH3 is 1. The highest BCUT2D eigenvalue weighted by molar-refractivity contribution is 7.99. The third-order valence-electron chi connectivity index (χ3n) is 3.55. The second kappa shape index (κ2) is 8.25. The fourth-order valence-electron chi connectivity index (χ4n) is 2.23. The Morgan fingerprint density at radius 3 is 2.81 bits per heavy atom. The van der Waals surface area contributed by atoms with E-state index in [1.54, 1.807) is 31.4 Å². The number of thioether (sulfide) groups is 1. The molecule has 2 aromatic carbocycles. The molecule has 0 spiro atoms. The van der Waals surface area contributed by atoms with Gasteiger partial charge in [0, 0.05) is 5.69 Å². The first-order valence-corrected chi connectivity index (χ1v) is 9.09. The molecule has 0 atom stereocenters. The third-order valence-corrected chi connectivity index (χ3v) is 4.69. The molecular weight excluding hydrogens is 374 g/mol. The van der Waals surface area contributed by atoms with E-state index in [-0.39, 0.29) is 11.7 Å². The van der Waals surface area contributed by atoms with Crippen LogP contribution in [0.15, 0.2) is 52.1 Å². The highest BCUT2D eigenvalue weighted by Crippen LogP contribution is 2.28. The lowest BCUT2D eigenvalue weighted by atomic mass is 10.2. The van der Waals surface area contributed by atoms with Gasteiger partial charge in [0.2, 0.25) is 11.8 Å². The molecule has 134 valence electrons. The molecular formula is C18H16ClN3O3S. The van der Waals surface area contributed by atoms with Crippen molar-refractivity contribution in [2.24, 2.45) is 0 Å². The topological polar surface area (TPSA) is 77.2 Å². The molecule has 0 aliphatic carbocycles. The van der Waals surface area contributed by atoms with Gasteiger partial charge in [-0.15, -0.1) is 10.2 Å². The number of anilines is 1. The Labute approximate surface area is 159 Å². The first-order chi connectivity index (χ1) is 12.6. The first-order valence-electron chi connectivity index (χ1n) is 7.72. The number of hydrogen-bond donors (Lipinski definition) is 1. The van der Waals surface area contributed by atoms with Crippen LogP contribution in [0.2, 0.25) is 5.02 Å². The summed E-state index contributed by atoms with van der Waals surface area (Å²) in [6, 6.07) is 12.7. The van der Waals surface area contributed by atoms with Gasteiger partial charge >= 0.3 is 0 Å². The van der Waals surface area contributed by atoms with Crippen LogP contribution in [0.25, 0.3) is 11.5 Å². The predicted octanol–water partition coefficient (Wildman–Crippen LogP) is 4.44. The molecule has 26 heavy (non-hydrogen) atoms. The lowest BCUT2D eigenvalue weighted by molar-refractivity contribution is -0.113. The largest absolute Gasteiger partial charge is 0.497 e. The average Bonchev–Trinajstić information content (AvgIpc) is 3.11. The predicted molar refractivity (Wildman–Crippen MR) is 102 cm³/mol. The summed E-state index contributed by atoms with van der Waals surface area (Å²) in [7, 11) is 1.60. The Kier molecular flexibility index (Phi) is 5.80. The van der Waals surface area contributed by atoms with E-state index in [4.69, 9.17) is 20.8 Å². The van der Waals surface area contributed by atoms with Gasteiger partial charge in [-0.2, -0.15) is 0 Å². The van der Waals surface area contributed by atoms with Crippen LogP contribution >= 0.6 is 23.4 Å². The molecule has 1 aromatic heterocycles. The molecule has 0 bridgehead atoms. The van der Waals surface area contributed by atoms with Gasteiger partial charge in [0.15, 0.2) is 0 Å². The van der Waals surface area contributed by atoms with Crippen LogP contribution in [0.1, 0.15) is 5.56 Å². The third kappa shape index (κ3) is 4.36. The number of amides is 1. The maximum Gasteiger partial charge on any atom is 0.277 e. The zero-order valence-corrected chi connectivity index (χ0v) is 15.7. The van der Waals surface area contributed by atoms with Crippen LogP contribution < -0.4 is 10.1 Å². The van der Waals surface area contributed by atoms with Gasteiger partial charge < -0.3 is 14.5 Å². The number of aromatic nitrogens is 2. The Morgan fingerprint density at radius 1 is 1.27 bits per heavy atom. The normalized spacial score (nSPS) is 10.6. The lowest BCUT2D eigenvalue weighted by Gasteiger charge is -2.09. The minimum absolute atomic E-state index is 0.148. The molecule has 6 nitrogen and oxygen atoms in total. The summed E-state index contributed by atoms with van der Waals surface area (Å²) < 4.78 is 10.7. The first kappa shape index (κ1) is 18.3. The number of carbonyl (C=O) groups excluding carboxylic acids is 1. The van der Waals surface area contributed by atoms with Crippen LogP contribution in [-0.2, 0) is 4.79 Å². The lowest BCUT2D eigenvalue weighted by Crippen LogP contribution is -2.14. The summed E-state index contributed by atoms with van der Waals surface area (Å²) in [4.78, 5) is 12.1. The highest BCUT2D eigenvalue weighted by Gasteiger charge is 2.13. The van der Waals surface area contributed by atoms with Crippen molar-refractivity contribution >= 4 is 35.0 Å². The molecule has 1 heterocycles. The minimum atomic E-state index is -0.166. The van der Waals surface area contributed by atoms with Crippen molar-refractivity contribution in [3.63, 3.8) is 0 Å². The molecule has 0 saturated carbocycles. The number of halogens is 1. The van der Waals surface area contributed by atoms with Gasteiger partial charge in [-0.05, 0) is 42.8 Å². The van der Waals surface area contributed by atoms with E-state index in [2.05, 4.69) is 15.5 Å². The SMILES string of the molecule is COc1ccc(NC(=O)CSc2nnc(-c3ccccc3Cl)o2)c(C)c1. The van der Waals surface area contributed by atoms with Crippen molar-refractivity contribution in [3.8, 4) is 17.2 Å². The van der Waals surface area contributed by atoms with Crippen molar-refractivity contribution in [2.45, 2.75) is 12.1 Å². The number of rotatable bonds is 6. The van der Waals surface area contributed by atoms with Crippen LogP contribution in [0.3, 0.4) is 0 Å².